The second kappa shape index (κ2) is 9.00. The van der Waals surface area contributed by atoms with Crippen molar-refractivity contribution in [1.29, 1.82) is 5.26 Å². The number of hydrogen-bond acceptors (Lipinski definition) is 5. The summed E-state index contributed by atoms with van der Waals surface area (Å²) >= 11 is 0. The number of nitrogens with two attached hydrogens (primary N) is 1. The minimum absolute atomic E-state index is 0.196. The van der Waals surface area contributed by atoms with E-state index in [1.54, 1.807) is 6.07 Å². The number of aryl methyl sites for hydroxylation is 1. The van der Waals surface area contributed by atoms with E-state index in [2.05, 4.69) is 33.0 Å². The molecule has 3 heterocycles. The van der Waals surface area contributed by atoms with Crippen LogP contribution in [0.5, 0.6) is 0 Å². The number of rotatable bonds is 7. The van der Waals surface area contributed by atoms with Crippen molar-refractivity contribution in [2.45, 2.75) is 19.3 Å². The number of aromatic amines is 1. The number of H-pyrrole nitrogens is 1. The van der Waals surface area contributed by atoms with Gasteiger partial charge in [0, 0.05) is 48.2 Å². The number of aromatic nitrogens is 1. The summed E-state index contributed by atoms with van der Waals surface area (Å²) in [6.07, 6.45) is 3.10. The third-order valence-corrected chi connectivity index (χ3v) is 6.56. The van der Waals surface area contributed by atoms with Crippen molar-refractivity contribution in [3.63, 3.8) is 0 Å². The molecule has 1 aliphatic heterocycles. The number of furan rings is 1. The zero-order valence-electron chi connectivity index (χ0n) is 18.5. The van der Waals surface area contributed by atoms with Gasteiger partial charge < -0.3 is 20.0 Å². The van der Waals surface area contributed by atoms with Crippen LogP contribution in [0.2, 0.25) is 0 Å². The highest BCUT2D eigenvalue weighted by molar-refractivity contribution is 5.95. The number of carbonyl (C=O) groups excluding carboxylic acids is 1. The van der Waals surface area contributed by atoms with Crippen molar-refractivity contribution < 1.29 is 9.21 Å². The number of fused-ring (bicyclic) bond motifs is 2. The van der Waals surface area contributed by atoms with E-state index < -0.39 is 5.91 Å². The first-order chi connectivity index (χ1) is 16.1. The fourth-order valence-corrected chi connectivity index (χ4v) is 4.77. The molecule has 0 radical (unpaired) electrons. The third kappa shape index (κ3) is 4.30. The minimum atomic E-state index is -0.546. The van der Waals surface area contributed by atoms with Gasteiger partial charge in [0.1, 0.15) is 17.3 Å². The van der Waals surface area contributed by atoms with Crippen LogP contribution in [0.4, 0.5) is 5.69 Å². The number of nitrogens with zero attached hydrogens (tertiary/aromatic N) is 3. The molecule has 5 rings (SSSR count). The molecule has 0 bridgehead atoms. The Hall–Kier alpha value is -3.76. The Morgan fingerprint density at radius 3 is 2.70 bits per heavy atom. The maximum atomic E-state index is 11.4. The van der Waals surface area contributed by atoms with Gasteiger partial charge in [-0.05, 0) is 61.7 Å². The average Bonchev–Trinajstić information content (AvgIpc) is 3.43. The number of hydrogen-bond donors (Lipinski definition) is 2. The Labute approximate surface area is 192 Å². The van der Waals surface area contributed by atoms with Crippen LogP contribution in [-0.4, -0.2) is 48.5 Å². The van der Waals surface area contributed by atoms with Crippen LogP contribution in [0.3, 0.4) is 0 Å². The van der Waals surface area contributed by atoms with E-state index in [-0.39, 0.29) is 5.76 Å². The molecule has 33 heavy (non-hydrogen) atoms. The normalized spacial score (nSPS) is 14.7. The number of nitriles is 1. The van der Waals surface area contributed by atoms with Gasteiger partial charge >= 0.3 is 0 Å². The van der Waals surface area contributed by atoms with Crippen LogP contribution in [0, 0.1) is 11.3 Å². The van der Waals surface area contributed by atoms with Crippen molar-refractivity contribution in [1.82, 2.24) is 9.88 Å². The second-order valence-electron chi connectivity index (χ2n) is 8.62. The van der Waals surface area contributed by atoms with E-state index in [1.165, 1.54) is 5.39 Å². The molecule has 1 fully saturated rings. The summed E-state index contributed by atoms with van der Waals surface area (Å²) in [4.78, 5) is 19.5. The number of para-hydroxylation sites is 1. The summed E-state index contributed by atoms with van der Waals surface area (Å²) in [5.74, 6) is -0.351. The van der Waals surface area contributed by atoms with Crippen LogP contribution >= 0.6 is 0 Å². The second-order valence-corrected chi connectivity index (χ2v) is 8.62. The maximum Gasteiger partial charge on any atom is 0.284 e. The molecule has 4 aromatic rings. The van der Waals surface area contributed by atoms with Crippen molar-refractivity contribution in [3.8, 4) is 6.07 Å². The lowest BCUT2D eigenvalue weighted by atomic mass is 10.0. The Balaban J connectivity index is 1.12. The van der Waals surface area contributed by atoms with E-state index in [9.17, 15) is 10.1 Å². The first-order valence-corrected chi connectivity index (χ1v) is 11.4. The van der Waals surface area contributed by atoms with Crippen LogP contribution in [0.25, 0.3) is 21.9 Å². The van der Waals surface area contributed by atoms with Crippen LogP contribution in [0.15, 0.2) is 52.9 Å². The van der Waals surface area contributed by atoms with Gasteiger partial charge in [-0.25, -0.2) is 0 Å². The molecule has 2 aromatic heterocycles. The smallest absolute Gasteiger partial charge is 0.284 e. The number of piperazine rings is 1. The molecule has 0 spiro atoms. The number of carbonyl (C=O) groups is 1. The van der Waals surface area contributed by atoms with Crippen molar-refractivity contribution in [2.24, 2.45) is 5.73 Å². The van der Waals surface area contributed by atoms with Crippen LogP contribution in [0.1, 0.15) is 34.7 Å². The predicted molar refractivity (Wildman–Crippen MR) is 129 cm³/mol. The molecule has 2 aromatic carbocycles. The van der Waals surface area contributed by atoms with Crippen LogP contribution in [-0.2, 0) is 6.42 Å². The van der Waals surface area contributed by atoms with E-state index in [0.717, 1.165) is 74.1 Å². The summed E-state index contributed by atoms with van der Waals surface area (Å²) in [7, 11) is 0. The highest BCUT2D eigenvalue weighted by Crippen LogP contribution is 2.26. The summed E-state index contributed by atoms with van der Waals surface area (Å²) in [5, 5.41) is 11.5. The molecule has 3 N–H and O–H groups in total. The van der Waals surface area contributed by atoms with E-state index in [1.807, 2.05) is 30.3 Å². The van der Waals surface area contributed by atoms with Gasteiger partial charge in [0.25, 0.3) is 5.91 Å². The molecule has 1 saturated heterocycles. The fraction of sp³-hybridized carbons (Fsp3) is 0.308. The zero-order valence-corrected chi connectivity index (χ0v) is 18.5. The molecule has 0 aliphatic carbocycles. The first-order valence-electron chi connectivity index (χ1n) is 11.4. The summed E-state index contributed by atoms with van der Waals surface area (Å²) in [5.41, 5.74) is 10.0. The lowest BCUT2D eigenvalue weighted by Gasteiger charge is -2.36. The Bertz CT molecular complexity index is 1340. The SMILES string of the molecule is N#Cc1[nH]c2ccccc2c1CCCCN1CCN(c2ccc3oc(C(N)=O)cc3c2)CC1. The predicted octanol–water partition coefficient (Wildman–Crippen LogP) is 4.03. The van der Waals surface area contributed by atoms with E-state index in [4.69, 9.17) is 10.2 Å². The number of anilines is 1. The summed E-state index contributed by atoms with van der Waals surface area (Å²) in [6, 6.07) is 18.2. The Morgan fingerprint density at radius 1 is 1.09 bits per heavy atom. The van der Waals surface area contributed by atoms with Gasteiger partial charge in [-0.2, -0.15) is 5.26 Å². The fourth-order valence-electron chi connectivity index (χ4n) is 4.77. The van der Waals surface area contributed by atoms with E-state index in [0.29, 0.717) is 11.3 Å². The average molecular weight is 442 g/mol. The Morgan fingerprint density at radius 2 is 1.91 bits per heavy atom. The molecule has 0 atom stereocenters. The summed E-state index contributed by atoms with van der Waals surface area (Å²) in [6.45, 7) is 5.04. The van der Waals surface area contributed by atoms with Gasteiger partial charge in [0.2, 0.25) is 0 Å². The quantitative estimate of drug-likeness (QED) is 0.422. The molecule has 0 saturated carbocycles. The number of benzene rings is 2. The summed E-state index contributed by atoms with van der Waals surface area (Å²) < 4.78 is 5.49. The van der Waals surface area contributed by atoms with Crippen molar-refractivity contribution in [3.05, 3.63) is 65.5 Å². The van der Waals surface area contributed by atoms with Gasteiger partial charge in [0.05, 0.1) is 0 Å². The number of nitrogens with one attached hydrogen (secondary N) is 1. The molecule has 168 valence electrons. The Kier molecular flexibility index (Phi) is 5.76. The minimum Gasteiger partial charge on any atom is -0.451 e. The number of amides is 1. The monoisotopic (exact) mass is 441 g/mol. The lowest BCUT2D eigenvalue weighted by molar-refractivity contribution is 0.0976. The number of primary amides is 1. The van der Waals surface area contributed by atoms with E-state index >= 15 is 0 Å². The maximum absolute atomic E-state index is 11.4. The standard InChI is InChI=1S/C26H27N5O2/c27-17-23-21(20-5-1-2-7-22(20)29-23)6-3-4-10-30-11-13-31(14-12-30)19-8-9-24-18(15-19)16-25(33-24)26(28)32/h1-2,5,7-9,15-16,29H,3-4,6,10-14H2,(H2,28,32). The third-order valence-electron chi connectivity index (χ3n) is 6.56. The van der Waals surface area contributed by atoms with Gasteiger partial charge in [-0.1, -0.05) is 18.2 Å². The van der Waals surface area contributed by atoms with Crippen LogP contribution < -0.4 is 10.6 Å². The van der Waals surface area contributed by atoms with Gasteiger partial charge in [-0.15, -0.1) is 0 Å². The molecular weight excluding hydrogens is 414 g/mol. The zero-order chi connectivity index (χ0) is 22.8. The molecule has 0 unspecified atom stereocenters. The topological polar surface area (TPSA) is 102 Å². The first kappa shape index (κ1) is 21.1. The largest absolute Gasteiger partial charge is 0.451 e. The van der Waals surface area contributed by atoms with Crippen molar-refractivity contribution >= 4 is 33.5 Å². The van der Waals surface area contributed by atoms with Crippen molar-refractivity contribution in [2.75, 3.05) is 37.6 Å². The van der Waals surface area contributed by atoms with Gasteiger partial charge in [-0.3, -0.25) is 9.69 Å². The lowest BCUT2D eigenvalue weighted by Crippen LogP contribution is -2.46. The molecular formula is C26H27N5O2. The highest BCUT2D eigenvalue weighted by atomic mass is 16.3. The molecule has 1 aliphatic rings. The van der Waals surface area contributed by atoms with Gasteiger partial charge in [0.15, 0.2) is 5.76 Å². The molecule has 1 amide bonds. The molecule has 7 heteroatoms. The highest BCUT2D eigenvalue weighted by Gasteiger charge is 2.18. The molecule has 7 nitrogen and oxygen atoms in total. The number of unbranched alkanes of at least 4 members (excludes halogenated alkanes) is 1.